The summed E-state index contributed by atoms with van der Waals surface area (Å²) in [6, 6.07) is 2.01. The van der Waals surface area contributed by atoms with Crippen LogP contribution in [0.25, 0.3) is 0 Å². The first kappa shape index (κ1) is 15.0. The van der Waals surface area contributed by atoms with E-state index in [0.717, 1.165) is 12.6 Å². The van der Waals surface area contributed by atoms with Crippen LogP contribution in [-0.2, 0) is 6.54 Å². The van der Waals surface area contributed by atoms with Gasteiger partial charge in [-0.1, -0.05) is 20.8 Å². The van der Waals surface area contributed by atoms with Gasteiger partial charge in [0, 0.05) is 37.1 Å². The normalized spacial score (nSPS) is 28.5. The lowest BCUT2D eigenvalue weighted by Gasteiger charge is -2.40. The summed E-state index contributed by atoms with van der Waals surface area (Å²) in [6.45, 7) is 10.6. The van der Waals surface area contributed by atoms with Gasteiger partial charge >= 0.3 is 0 Å². The Morgan fingerprint density at radius 3 is 2.86 bits per heavy atom. The third-order valence-corrected chi connectivity index (χ3v) is 5.26. The summed E-state index contributed by atoms with van der Waals surface area (Å²) in [7, 11) is 0. The van der Waals surface area contributed by atoms with E-state index in [2.05, 4.69) is 46.7 Å². The molecule has 3 atom stereocenters. The Hall–Kier alpha value is -0.870. The molecule has 2 aliphatic rings. The van der Waals surface area contributed by atoms with Gasteiger partial charge in [-0.15, -0.1) is 0 Å². The quantitative estimate of drug-likeness (QED) is 0.925. The fourth-order valence-corrected chi connectivity index (χ4v) is 3.84. The Morgan fingerprint density at radius 2 is 2.14 bits per heavy atom. The van der Waals surface area contributed by atoms with Crippen LogP contribution in [0.4, 0.5) is 0 Å². The van der Waals surface area contributed by atoms with Gasteiger partial charge in [-0.05, 0) is 44.2 Å². The number of hydrogen-bond acceptors (Lipinski definition) is 3. The van der Waals surface area contributed by atoms with Crippen LogP contribution in [0.15, 0.2) is 18.7 Å². The van der Waals surface area contributed by atoms with E-state index >= 15 is 0 Å². The van der Waals surface area contributed by atoms with Gasteiger partial charge in [0.05, 0.1) is 6.33 Å². The van der Waals surface area contributed by atoms with E-state index in [1.165, 1.54) is 38.8 Å². The van der Waals surface area contributed by atoms with Gasteiger partial charge in [-0.2, -0.15) is 0 Å². The van der Waals surface area contributed by atoms with Gasteiger partial charge in [-0.3, -0.25) is 0 Å². The highest BCUT2D eigenvalue weighted by molar-refractivity contribution is 4.93. The molecule has 2 aliphatic heterocycles. The largest absolute Gasteiger partial charge is 0.336 e. The predicted octanol–water partition coefficient (Wildman–Crippen LogP) is 2.51. The Bertz CT molecular complexity index is 434. The van der Waals surface area contributed by atoms with Crippen LogP contribution in [0.2, 0.25) is 0 Å². The molecular formula is C17H30N4. The van der Waals surface area contributed by atoms with Gasteiger partial charge in [0.25, 0.3) is 0 Å². The van der Waals surface area contributed by atoms with Crippen LogP contribution < -0.4 is 5.32 Å². The molecule has 1 aromatic heterocycles. The molecule has 1 aromatic rings. The summed E-state index contributed by atoms with van der Waals surface area (Å²) in [4.78, 5) is 6.87. The Labute approximate surface area is 128 Å². The number of nitrogens with one attached hydrogen (secondary N) is 1. The lowest BCUT2D eigenvalue weighted by atomic mass is 9.85. The van der Waals surface area contributed by atoms with Crippen molar-refractivity contribution in [1.82, 2.24) is 19.8 Å². The molecule has 3 unspecified atom stereocenters. The van der Waals surface area contributed by atoms with Crippen LogP contribution in [0, 0.1) is 5.41 Å². The van der Waals surface area contributed by atoms with Crippen molar-refractivity contribution in [1.29, 1.82) is 0 Å². The van der Waals surface area contributed by atoms with E-state index in [1.807, 2.05) is 12.5 Å². The fourth-order valence-electron chi connectivity index (χ4n) is 3.84. The molecule has 2 saturated heterocycles. The predicted molar refractivity (Wildman–Crippen MR) is 86.2 cm³/mol. The maximum atomic E-state index is 4.18. The van der Waals surface area contributed by atoms with E-state index in [-0.39, 0.29) is 5.41 Å². The van der Waals surface area contributed by atoms with Crippen molar-refractivity contribution >= 4 is 0 Å². The summed E-state index contributed by atoms with van der Waals surface area (Å²) in [6.07, 6.45) is 11.3. The maximum absolute atomic E-state index is 4.18. The van der Waals surface area contributed by atoms with Crippen LogP contribution in [-0.4, -0.2) is 45.7 Å². The van der Waals surface area contributed by atoms with Crippen molar-refractivity contribution in [2.24, 2.45) is 5.41 Å². The van der Waals surface area contributed by atoms with E-state index in [1.54, 1.807) is 0 Å². The monoisotopic (exact) mass is 290 g/mol. The third-order valence-electron chi connectivity index (χ3n) is 5.26. The van der Waals surface area contributed by atoms with Crippen LogP contribution >= 0.6 is 0 Å². The first-order valence-corrected chi connectivity index (χ1v) is 8.48. The second-order valence-electron chi connectivity index (χ2n) is 7.90. The minimum Gasteiger partial charge on any atom is -0.336 e. The Kier molecular flexibility index (Phi) is 4.36. The van der Waals surface area contributed by atoms with Crippen molar-refractivity contribution < 1.29 is 0 Å². The molecule has 118 valence electrons. The summed E-state index contributed by atoms with van der Waals surface area (Å²) in [5, 5.41) is 3.97. The van der Waals surface area contributed by atoms with Crippen molar-refractivity contribution in [3.63, 3.8) is 0 Å². The highest BCUT2D eigenvalue weighted by atomic mass is 15.2. The van der Waals surface area contributed by atoms with Crippen LogP contribution in [0.5, 0.6) is 0 Å². The van der Waals surface area contributed by atoms with Gasteiger partial charge in [0.15, 0.2) is 0 Å². The van der Waals surface area contributed by atoms with Crippen LogP contribution in [0.3, 0.4) is 0 Å². The third kappa shape index (κ3) is 3.67. The molecule has 21 heavy (non-hydrogen) atoms. The standard InChI is InChI=1S/C17H30N4/c1-17(2,3)16(12-20-10-7-18-13-20)19-14-6-9-21-8-4-5-15(21)11-14/h7,10,13-16,19H,4-6,8-9,11-12H2,1-3H3. The first-order chi connectivity index (χ1) is 10.0. The average Bonchev–Trinajstić information content (AvgIpc) is 3.06. The molecule has 2 fully saturated rings. The van der Waals surface area contributed by atoms with Gasteiger partial charge in [0.1, 0.15) is 0 Å². The van der Waals surface area contributed by atoms with E-state index in [0.29, 0.717) is 12.1 Å². The minimum atomic E-state index is 0.261. The van der Waals surface area contributed by atoms with Crippen molar-refractivity contribution in [3.8, 4) is 0 Å². The number of fused-ring (bicyclic) bond motifs is 1. The highest BCUT2D eigenvalue weighted by Gasteiger charge is 2.34. The molecule has 0 amide bonds. The van der Waals surface area contributed by atoms with Gasteiger partial charge < -0.3 is 14.8 Å². The molecular weight excluding hydrogens is 260 g/mol. The molecule has 3 rings (SSSR count). The molecule has 3 heterocycles. The number of nitrogens with zero attached hydrogens (tertiary/aromatic N) is 3. The van der Waals surface area contributed by atoms with Crippen LogP contribution in [0.1, 0.15) is 46.5 Å². The molecule has 0 aliphatic carbocycles. The summed E-state index contributed by atoms with van der Waals surface area (Å²) < 4.78 is 2.20. The minimum absolute atomic E-state index is 0.261. The average molecular weight is 290 g/mol. The summed E-state index contributed by atoms with van der Waals surface area (Å²) >= 11 is 0. The molecule has 0 bridgehead atoms. The Balaban J connectivity index is 1.61. The summed E-state index contributed by atoms with van der Waals surface area (Å²) in [5.41, 5.74) is 0.261. The lowest BCUT2D eigenvalue weighted by molar-refractivity contribution is 0.137. The van der Waals surface area contributed by atoms with E-state index < -0.39 is 0 Å². The molecule has 0 spiro atoms. The maximum Gasteiger partial charge on any atom is 0.0946 e. The zero-order valence-corrected chi connectivity index (χ0v) is 13.8. The van der Waals surface area contributed by atoms with E-state index in [4.69, 9.17) is 0 Å². The zero-order chi connectivity index (χ0) is 14.9. The fraction of sp³-hybridized carbons (Fsp3) is 0.824. The lowest BCUT2D eigenvalue weighted by Crippen LogP contribution is -2.53. The molecule has 4 nitrogen and oxygen atoms in total. The number of aromatic nitrogens is 2. The van der Waals surface area contributed by atoms with Crippen molar-refractivity contribution in [3.05, 3.63) is 18.7 Å². The zero-order valence-electron chi connectivity index (χ0n) is 13.8. The summed E-state index contributed by atoms with van der Waals surface area (Å²) in [5.74, 6) is 0. The highest BCUT2D eigenvalue weighted by Crippen LogP contribution is 2.29. The second-order valence-corrected chi connectivity index (χ2v) is 7.90. The van der Waals surface area contributed by atoms with E-state index in [9.17, 15) is 0 Å². The number of piperidine rings is 1. The van der Waals surface area contributed by atoms with Crippen molar-refractivity contribution in [2.45, 2.75) is 71.1 Å². The molecule has 0 radical (unpaired) electrons. The van der Waals surface area contributed by atoms with Gasteiger partial charge in [-0.25, -0.2) is 4.98 Å². The molecule has 1 N–H and O–H groups in total. The number of imidazole rings is 1. The van der Waals surface area contributed by atoms with Gasteiger partial charge in [0.2, 0.25) is 0 Å². The molecule has 4 heteroatoms. The SMILES string of the molecule is CC(C)(C)C(Cn1ccnc1)NC1CCN2CCCC2C1. The van der Waals surface area contributed by atoms with Crippen molar-refractivity contribution in [2.75, 3.05) is 13.1 Å². The molecule has 0 aromatic carbocycles. The first-order valence-electron chi connectivity index (χ1n) is 8.48. The number of rotatable bonds is 4. The number of hydrogen-bond donors (Lipinski definition) is 1. The Morgan fingerprint density at radius 1 is 1.29 bits per heavy atom. The topological polar surface area (TPSA) is 33.1 Å². The smallest absolute Gasteiger partial charge is 0.0946 e. The second kappa shape index (κ2) is 6.09. The molecule has 0 saturated carbocycles.